The van der Waals surface area contributed by atoms with Crippen LogP contribution in [0.15, 0.2) is 18.2 Å². The van der Waals surface area contributed by atoms with Crippen molar-refractivity contribution in [1.29, 1.82) is 0 Å². The Hall–Kier alpha value is -0.940. The fraction of sp³-hybridized carbons (Fsp3) is 0.500. The van der Waals surface area contributed by atoms with Gasteiger partial charge in [0.15, 0.2) is 0 Å². The first-order chi connectivity index (χ1) is 8.45. The molecule has 0 heterocycles. The molecule has 0 bridgehead atoms. The third-order valence-corrected chi connectivity index (χ3v) is 2.69. The van der Waals surface area contributed by atoms with Crippen molar-refractivity contribution in [2.75, 3.05) is 13.2 Å². The van der Waals surface area contributed by atoms with Gasteiger partial charge in [0.1, 0.15) is 5.75 Å². The number of benzene rings is 1. The molecule has 2 N–H and O–H groups in total. The minimum atomic E-state index is -4.46. The van der Waals surface area contributed by atoms with Gasteiger partial charge in [-0.3, -0.25) is 0 Å². The first-order valence-electron chi connectivity index (χ1n) is 5.65. The van der Waals surface area contributed by atoms with Crippen molar-refractivity contribution >= 4 is 11.6 Å². The van der Waals surface area contributed by atoms with Crippen LogP contribution >= 0.6 is 11.6 Å². The van der Waals surface area contributed by atoms with Gasteiger partial charge in [-0.05, 0) is 44.0 Å². The second-order valence-corrected chi connectivity index (χ2v) is 4.24. The van der Waals surface area contributed by atoms with Gasteiger partial charge in [-0.2, -0.15) is 13.2 Å². The highest BCUT2D eigenvalue weighted by atomic mass is 35.5. The second kappa shape index (κ2) is 6.85. The summed E-state index contributed by atoms with van der Waals surface area (Å²) in [6, 6.07) is 3.55. The van der Waals surface area contributed by atoms with Crippen molar-refractivity contribution in [2.24, 2.45) is 5.73 Å². The van der Waals surface area contributed by atoms with E-state index in [0.717, 1.165) is 25.3 Å². The molecular weight excluding hydrogens is 267 g/mol. The van der Waals surface area contributed by atoms with Crippen molar-refractivity contribution in [2.45, 2.75) is 25.4 Å². The molecule has 6 heteroatoms. The average molecular weight is 282 g/mol. The van der Waals surface area contributed by atoms with Crippen LogP contribution in [-0.4, -0.2) is 13.2 Å². The number of alkyl halides is 3. The summed E-state index contributed by atoms with van der Waals surface area (Å²) in [5, 5.41) is -0.321. The lowest BCUT2D eigenvalue weighted by atomic mass is 10.2. The van der Waals surface area contributed by atoms with Gasteiger partial charge in [0.25, 0.3) is 0 Å². The zero-order valence-corrected chi connectivity index (χ0v) is 10.5. The molecule has 2 nitrogen and oxygen atoms in total. The van der Waals surface area contributed by atoms with Crippen molar-refractivity contribution in [1.82, 2.24) is 0 Å². The molecule has 1 rings (SSSR count). The largest absolute Gasteiger partial charge is 0.494 e. The molecular formula is C12H15ClF3NO. The van der Waals surface area contributed by atoms with Crippen LogP contribution in [0.4, 0.5) is 13.2 Å². The molecule has 0 atom stereocenters. The number of ether oxygens (including phenoxy) is 1. The topological polar surface area (TPSA) is 35.2 Å². The molecule has 0 saturated carbocycles. The SMILES string of the molecule is NCCCCCOc1ccc(Cl)c(C(F)(F)F)c1. The number of hydrogen-bond acceptors (Lipinski definition) is 2. The van der Waals surface area contributed by atoms with E-state index in [1.165, 1.54) is 12.1 Å². The lowest BCUT2D eigenvalue weighted by molar-refractivity contribution is -0.137. The standard InChI is InChI=1S/C12H15ClF3NO/c13-11-5-4-9(8-10(11)12(14,15)16)18-7-3-1-2-6-17/h4-5,8H,1-3,6-7,17H2. The quantitative estimate of drug-likeness (QED) is 0.804. The maximum Gasteiger partial charge on any atom is 0.417 e. The van der Waals surface area contributed by atoms with Crippen LogP contribution < -0.4 is 10.5 Å². The van der Waals surface area contributed by atoms with E-state index in [1.807, 2.05) is 0 Å². The maximum absolute atomic E-state index is 12.6. The van der Waals surface area contributed by atoms with Crippen LogP contribution in [-0.2, 0) is 6.18 Å². The van der Waals surface area contributed by atoms with Crippen LogP contribution in [0.2, 0.25) is 5.02 Å². The lowest BCUT2D eigenvalue weighted by Gasteiger charge is -2.11. The van der Waals surface area contributed by atoms with Gasteiger partial charge in [-0.15, -0.1) is 0 Å². The van der Waals surface area contributed by atoms with Gasteiger partial charge in [-0.25, -0.2) is 0 Å². The summed E-state index contributed by atoms with van der Waals surface area (Å²) in [5.41, 5.74) is 4.45. The second-order valence-electron chi connectivity index (χ2n) is 3.84. The van der Waals surface area contributed by atoms with E-state index >= 15 is 0 Å². The van der Waals surface area contributed by atoms with Crippen molar-refractivity contribution in [3.63, 3.8) is 0 Å². The Labute approximate surface area is 109 Å². The molecule has 0 fully saturated rings. The summed E-state index contributed by atoms with van der Waals surface area (Å²) in [6.45, 7) is 0.984. The van der Waals surface area contributed by atoms with E-state index in [-0.39, 0.29) is 10.8 Å². The molecule has 0 aromatic heterocycles. The molecule has 18 heavy (non-hydrogen) atoms. The number of halogens is 4. The number of rotatable bonds is 6. The third-order valence-electron chi connectivity index (χ3n) is 2.36. The Kier molecular flexibility index (Phi) is 5.75. The molecule has 0 aliphatic carbocycles. The Balaban J connectivity index is 2.57. The van der Waals surface area contributed by atoms with E-state index in [1.54, 1.807) is 0 Å². The highest BCUT2D eigenvalue weighted by molar-refractivity contribution is 6.31. The summed E-state index contributed by atoms with van der Waals surface area (Å²) in [6.07, 6.45) is -1.91. The molecule has 0 unspecified atom stereocenters. The minimum Gasteiger partial charge on any atom is -0.494 e. The summed E-state index contributed by atoms with van der Waals surface area (Å²) < 4.78 is 42.9. The van der Waals surface area contributed by atoms with Gasteiger partial charge in [0, 0.05) is 0 Å². The van der Waals surface area contributed by atoms with E-state index in [0.29, 0.717) is 13.2 Å². The summed E-state index contributed by atoms with van der Waals surface area (Å²) in [5.74, 6) is 0.180. The third kappa shape index (κ3) is 4.74. The number of nitrogens with two attached hydrogens (primary N) is 1. The fourth-order valence-corrected chi connectivity index (χ4v) is 1.65. The van der Waals surface area contributed by atoms with Crippen molar-refractivity contribution in [3.05, 3.63) is 28.8 Å². The number of unbranched alkanes of at least 4 members (excludes halogenated alkanes) is 2. The van der Waals surface area contributed by atoms with E-state index < -0.39 is 11.7 Å². The molecule has 0 aliphatic rings. The predicted octanol–water partition coefficient (Wildman–Crippen LogP) is 3.87. The molecule has 0 saturated heterocycles. The smallest absolute Gasteiger partial charge is 0.417 e. The zero-order valence-electron chi connectivity index (χ0n) is 9.77. The normalized spacial score (nSPS) is 11.6. The zero-order chi connectivity index (χ0) is 13.6. The predicted molar refractivity (Wildman–Crippen MR) is 64.9 cm³/mol. The summed E-state index contributed by atoms with van der Waals surface area (Å²) in [4.78, 5) is 0. The molecule has 102 valence electrons. The van der Waals surface area contributed by atoms with Crippen LogP contribution in [0.25, 0.3) is 0 Å². The Morgan fingerprint density at radius 1 is 1.17 bits per heavy atom. The molecule has 1 aromatic carbocycles. The first-order valence-corrected chi connectivity index (χ1v) is 6.02. The van der Waals surface area contributed by atoms with Gasteiger partial charge in [0.05, 0.1) is 17.2 Å². The van der Waals surface area contributed by atoms with Crippen LogP contribution in [0.5, 0.6) is 5.75 Å². The van der Waals surface area contributed by atoms with E-state index in [2.05, 4.69) is 0 Å². The monoisotopic (exact) mass is 281 g/mol. The van der Waals surface area contributed by atoms with Crippen molar-refractivity contribution in [3.8, 4) is 5.75 Å². The van der Waals surface area contributed by atoms with Crippen LogP contribution in [0.3, 0.4) is 0 Å². The van der Waals surface area contributed by atoms with E-state index in [9.17, 15) is 13.2 Å². The minimum absolute atomic E-state index is 0.180. The molecule has 0 amide bonds. The maximum atomic E-state index is 12.6. The molecule has 0 spiro atoms. The van der Waals surface area contributed by atoms with Crippen LogP contribution in [0, 0.1) is 0 Å². The molecule has 0 aliphatic heterocycles. The van der Waals surface area contributed by atoms with Gasteiger partial charge in [0.2, 0.25) is 0 Å². The Bertz CT molecular complexity index is 382. The van der Waals surface area contributed by atoms with Gasteiger partial charge >= 0.3 is 6.18 Å². The average Bonchev–Trinajstić information content (AvgIpc) is 2.29. The highest BCUT2D eigenvalue weighted by Gasteiger charge is 2.33. The first kappa shape index (κ1) is 15.1. The summed E-state index contributed by atoms with van der Waals surface area (Å²) >= 11 is 5.49. The highest BCUT2D eigenvalue weighted by Crippen LogP contribution is 2.36. The fourth-order valence-electron chi connectivity index (χ4n) is 1.42. The van der Waals surface area contributed by atoms with Gasteiger partial charge in [-0.1, -0.05) is 11.6 Å². The summed E-state index contributed by atoms with van der Waals surface area (Å²) in [7, 11) is 0. The Morgan fingerprint density at radius 2 is 1.89 bits per heavy atom. The lowest BCUT2D eigenvalue weighted by Crippen LogP contribution is -2.07. The molecule has 1 aromatic rings. The van der Waals surface area contributed by atoms with Gasteiger partial charge < -0.3 is 10.5 Å². The molecule has 0 radical (unpaired) electrons. The number of hydrogen-bond donors (Lipinski definition) is 1. The van der Waals surface area contributed by atoms with E-state index in [4.69, 9.17) is 22.1 Å². The van der Waals surface area contributed by atoms with Crippen molar-refractivity contribution < 1.29 is 17.9 Å². The Morgan fingerprint density at radius 3 is 2.50 bits per heavy atom. The van der Waals surface area contributed by atoms with Crippen LogP contribution in [0.1, 0.15) is 24.8 Å².